The zero-order valence-corrected chi connectivity index (χ0v) is 29.0. The summed E-state index contributed by atoms with van der Waals surface area (Å²) >= 11 is 0. The van der Waals surface area contributed by atoms with Crippen LogP contribution >= 0.6 is 0 Å². The molecule has 1 heterocycles. The maximum Gasteiger partial charge on any atom is 0.312 e. The normalized spacial score (nSPS) is 16.0. The third-order valence-electron chi connectivity index (χ3n) is 7.71. The van der Waals surface area contributed by atoms with Gasteiger partial charge in [-0.15, -0.1) is 0 Å². The first-order chi connectivity index (χ1) is 22.7. The van der Waals surface area contributed by atoms with Gasteiger partial charge in [0.2, 0.25) is 35.4 Å². The number of nitrogens with one attached hydrogen (secondary N) is 4. The molecule has 2 rings (SSSR count). The Kier molecular flexibility index (Phi) is 14.3. The smallest absolute Gasteiger partial charge is 0.312 e. The van der Waals surface area contributed by atoms with E-state index in [1.165, 1.54) is 0 Å². The number of imide groups is 1. The van der Waals surface area contributed by atoms with E-state index in [9.17, 15) is 38.4 Å². The number of anilines is 1. The Bertz CT molecular complexity index is 1410. The molecule has 1 aliphatic rings. The molecule has 1 saturated heterocycles. The summed E-state index contributed by atoms with van der Waals surface area (Å²) in [6.45, 7) is 10.7. The number of amides is 8. The number of urea groups is 1. The number of rotatable bonds is 16. The quantitative estimate of drug-likeness (QED) is 0.0816. The van der Waals surface area contributed by atoms with E-state index in [0.29, 0.717) is 11.3 Å². The average Bonchev–Trinajstić information content (AvgIpc) is 3.28. The molecule has 0 spiro atoms. The van der Waals surface area contributed by atoms with E-state index >= 15 is 0 Å². The van der Waals surface area contributed by atoms with E-state index in [-0.39, 0.29) is 57.3 Å². The number of nitrogens with two attached hydrogens (primary N) is 2. The van der Waals surface area contributed by atoms with Crippen molar-refractivity contribution in [2.45, 2.75) is 92.3 Å². The number of carbonyl (C=O) groups is 8. The van der Waals surface area contributed by atoms with E-state index in [0.717, 1.165) is 4.90 Å². The number of esters is 1. The van der Waals surface area contributed by atoms with Gasteiger partial charge in [0.25, 0.3) is 0 Å². The molecule has 0 aromatic heterocycles. The van der Waals surface area contributed by atoms with E-state index < -0.39 is 70.8 Å². The van der Waals surface area contributed by atoms with Crippen LogP contribution in [0.3, 0.4) is 0 Å². The predicted molar refractivity (Wildman–Crippen MR) is 178 cm³/mol. The van der Waals surface area contributed by atoms with Crippen molar-refractivity contribution in [3.8, 4) is 0 Å². The molecule has 16 nitrogen and oxygen atoms in total. The summed E-state index contributed by atoms with van der Waals surface area (Å²) in [4.78, 5) is 101. The lowest BCUT2D eigenvalue weighted by molar-refractivity contribution is -0.154. The Morgan fingerprint density at radius 3 is 2.08 bits per heavy atom. The number of hydrogen-bond acceptors (Lipinski definition) is 9. The number of benzene rings is 1. The molecular formula is C33H49N7O9. The number of nitrogens with zero attached hydrogens (tertiary/aromatic N) is 1. The fraction of sp³-hybridized carbons (Fsp3) is 0.576. The Morgan fingerprint density at radius 1 is 0.918 bits per heavy atom. The Labute approximate surface area is 285 Å². The fourth-order valence-electron chi connectivity index (χ4n) is 4.82. The summed E-state index contributed by atoms with van der Waals surface area (Å²) in [5.41, 5.74) is 10.4. The molecule has 1 aliphatic heterocycles. The first-order valence-electron chi connectivity index (χ1n) is 16.0. The molecule has 49 heavy (non-hydrogen) atoms. The maximum absolute atomic E-state index is 13.3. The Hall–Kier alpha value is -5.02. The topological polar surface area (TPSA) is 249 Å². The van der Waals surface area contributed by atoms with Gasteiger partial charge < -0.3 is 37.5 Å². The monoisotopic (exact) mass is 687 g/mol. The fourth-order valence-corrected chi connectivity index (χ4v) is 4.82. The van der Waals surface area contributed by atoms with Crippen molar-refractivity contribution in [1.82, 2.24) is 20.9 Å². The van der Waals surface area contributed by atoms with E-state index in [1.54, 1.807) is 45.0 Å². The summed E-state index contributed by atoms with van der Waals surface area (Å²) in [5, 5.41) is 10.0. The summed E-state index contributed by atoms with van der Waals surface area (Å²) in [6, 6.07) is 3.06. The molecule has 1 fully saturated rings. The first-order valence-corrected chi connectivity index (χ1v) is 16.0. The molecule has 270 valence electrons. The third kappa shape index (κ3) is 13.2. The number of ether oxygens (including phenoxy) is 1. The van der Waals surface area contributed by atoms with Crippen LogP contribution in [0.15, 0.2) is 24.3 Å². The van der Waals surface area contributed by atoms with Crippen LogP contribution in [0.25, 0.3) is 0 Å². The number of carbonyl (C=O) groups excluding carboxylic acids is 8. The van der Waals surface area contributed by atoms with Crippen LogP contribution in [0.2, 0.25) is 0 Å². The number of hydrogen-bond donors (Lipinski definition) is 6. The lowest BCUT2D eigenvalue weighted by atomic mass is 9.80. The molecule has 8 N–H and O–H groups in total. The van der Waals surface area contributed by atoms with Gasteiger partial charge in [0.1, 0.15) is 18.7 Å². The van der Waals surface area contributed by atoms with Crippen molar-refractivity contribution in [2.75, 3.05) is 18.4 Å². The molecule has 8 amide bonds. The highest BCUT2D eigenvalue weighted by Crippen LogP contribution is 2.35. The summed E-state index contributed by atoms with van der Waals surface area (Å²) in [6.07, 6.45) is -0.634. The molecule has 3 atom stereocenters. The second kappa shape index (κ2) is 17.4. The van der Waals surface area contributed by atoms with Gasteiger partial charge in [-0.1, -0.05) is 32.9 Å². The highest BCUT2D eigenvalue weighted by Gasteiger charge is 2.44. The van der Waals surface area contributed by atoms with Crippen LogP contribution in [0.4, 0.5) is 10.5 Å². The molecule has 0 saturated carbocycles. The predicted octanol–water partition coefficient (Wildman–Crippen LogP) is 0.819. The molecule has 0 aliphatic carbocycles. The largest absolute Gasteiger partial charge is 0.460 e. The van der Waals surface area contributed by atoms with Crippen molar-refractivity contribution in [3.05, 3.63) is 29.8 Å². The van der Waals surface area contributed by atoms with Crippen LogP contribution < -0.4 is 32.7 Å². The molecular weight excluding hydrogens is 638 g/mol. The van der Waals surface area contributed by atoms with Crippen molar-refractivity contribution in [2.24, 2.45) is 28.2 Å². The van der Waals surface area contributed by atoms with E-state index in [2.05, 4.69) is 21.3 Å². The van der Waals surface area contributed by atoms with Crippen LogP contribution in [-0.2, 0) is 44.9 Å². The molecule has 0 bridgehead atoms. The van der Waals surface area contributed by atoms with Crippen molar-refractivity contribution >= 4 is 53.1 Å². The van der Waals surface area contributed by atoms with Gasteiger partial charge in [-0.05, 0) is 56.7 Å². The van der Waals surface area contributed by atoms with Crippen molar-refractivity contribution in [3.63, 3.8) is 0 Å². The highest BCUT2D eigenvalue weighted by molar-refractivity contribution is 6.04. The van der Waals surface area contributed by atoms with Crippen LogP contribution in [0, 0.1) is 16.7 Å². The minimum atomic E-state index is -1.47. The van der Waals surface area contributed by atoms with Gasteiger partial charge in [-0.25, -0.2) is 4.79 Å². The maximum atomic E-state index is 13.3. The zero-order chi connectivity index (χ0) is 37.1. The SMILES string of the molecule is CC(C)(C)C(=O)OCc1ccc(NC(=O)[C@H](CCCNC(N)=O)NC(=O)[C@H](CC(N)=O)NC(=O)CCN2C(=O)CC(C(C)(C)C)C2=O)cc1. The average molecular weight is 688 g/mol. The Morgan fingerprint density at radius 2 is 1.55 bits per heavy atom. The lowest BCUT2D eigenvalue weighted by Crippen LogP contribution is -2.54. The minimum absolute atomic E-state index is 0.0318. The number of likely N-dealkylation sites (tertiary alicyclic amines) is 1. The van der Waals surface area contributed by atoms with E-state index in [4.69, 9.17) is 16.2 Å². The standard InChI is InChI=1S/C33H49N7O9/c1-32(2,3)21-16-26(43)40(29(21)46)15-13-25(42)38-23(17-24(34)41)28(45)39-22(8-7-14-36-31(35)48)27(44)37-20-11-9-19(10-12-20)18-49-30(47)33(4,5)6/h9-12,21-23H,7-8,13-18H2,1-6H3,(H2,34,41)(H,37,44)(H,38,42)(H,39,45)(H3,35,36,48)/t21?,22-,23-/m0/s1. The van der Waals surface area contributed by atoms with Gasteiger partial charge in [-0.2, -0.15) is 0 Å². The molecule has 1 aromatic carbocycles. The third-order valence-corrected chi connectivity index (χ3v) is 7.71. The molecule has 1 unspecified atom stereocenters. The molecule has 0 radical (unpaired) electrons. The highest BCUT2D eigenvalue weighted by atomic mass is 16.5. The van der Waals surface area contributed by atoms with Crippen LogP contribution in [-0.4, -0.2) is 77.5 Å². The lowest BCUT2D eigenvalue weighted by Gasteiger charge is -2.25. The summed E-state index contributed by atoms with van der Waals surface area (Å²) < 4.78 is 5.30. The van der Waals surface area contributed by atoms with Crippen molar-refractivity contribution < 1.29 is 43.1 Å². The van der Waals surface area contributed by atoms with Gasteiger partial charge >= 0.3 is 12.0 Å². The Balaban J connectivity index is 2.10. The van der Waals surface area contributed by atoms with Crippen LogP contribution in [0.1, 0.15) is 79.2 Å². The number of primary amides is 2. The van der Waals surface area contributed by atoms with E-state index in [1.807, 2.05) is 20.8 Å². The van der Waals surface area contributed by atoms with Crippen LogP contribution in [0.5, 0.6) is 0 Å². The zero-order valence-electron chi connectivity index (χ0n) is 29.0. The second-order valence-electron chi connectivity index (χ2n) is 14.1. The van der Waals surface area contributed by atoms with Crippen molar-refractivity contribution in [1.29, 1.82) is 0 Å². The molecule has 1 aromatic rings. The van der Waals surface area contributed by atoms with Gasteiger partial charge in [-0.3, -0.25) is 38.5 Å². The summed E-state index contributed by atoms with van der Waals surface area (Å²) in [7, 11) is 0. The second-order valence-corrected chi connectivity index (χ2v) is 14.1. The minimum Gasteiger partial charge on any atom is -0.460 e. The first kappa shape index (κ1) is 40.2. The van der Waals surface area contributed by atoms with Gasteiger partial charge in [0, 0.05) is 31.6 Å². The molecule has 16 heteroatoms. The summed E-state index contributed by atoms with van der Waals surface area (Å²) in [5.74, 6) is -4.81. The van der Waals surface area contributed by atoms with Gasteiger partial charge in [0.15, 0.2) is 0 Å². The van der Waals surface area contributed by atoms with Gasteiger partial charge in [0.05, 0.1) is 17.8 Å².